The Morgan fingerprint density at radius 2 is 2.05 bits per heavy atom. The molecule has 0 fully saturated rings. The van der Waals surface area contributed by atoms with Crippen LogP contribution in [0.3, 0.4) is 0 Å². The lowest BCUT2D eigenvalue weighted by Gasteiger charge is -2.16. The standard InChI is InChI=1S/C14H19NO5/c1-10(2-7-13(17)15-19)14(18)11-3-5-12(6-4-11)20-9-8-16/h2-7,10,14,16,18-19H,8-9H2,1H3,(H,15,17)/b7-2+/t10-,14+/m1/s1. The summed E-state index contributed by atoms with van der Waals surface area (Å²) < 4.78 is 5.22. The number of hydrogen-bond acceptors (Lipinski definition) is 5. The van der Waals surface area contributed by atoms with Crippen LogP contribution >= 0.6 is 0 Å². The second-order valence-electron chi connectivity index (χ2n) is 4.28. The van der Waals surface area contributed by atoms with E-state index in [1.54, 1.807) is 31.2 Å². The maximum absolute atomic E-state index is 10.9. The number of carbonyl (C=O) groups is 1. The first-order chi connectivity index (χ1) is 9.58. The van der Waals surface area contributed by atoms with Crippen LogP contribution in [0.5, 0.6) is 5.75 Å². The van der Waals surface area contributed by atoms with Crippen LogP contribution in [0.2, 0.25) is 0 Å². The van der Waals surface area contributed by atoms with E-state index in [1.807, 2.05) is 0 Å². The fourth-order valence-electron chi connectivity index (χ4n) is 1.61. The van der Waals surface area contributed by atoms with Gasteiger partial charge in [0.05, 0.1) is 12.7 Å². The lowest BCUT2D eigenvalue weighted by atomic mass is 9.97. The Bertz CT molecular complexity index is 443. The molecule has 6 nitrogen and oxygen atoms in total. The van der Waals surface area contributed by atoms with Gasteiger partial charge in [-0.2, -0.15) is 0 Å². The largest absolute Gasteiger partial charge is 0.491 e. The zero-order chi connectivity index (χ0) is 15.0. The SMILES string of the molecule is C[C@H](/C=C/C(=O)NO)[C@H](O)c1ccc(OCCO)cc1. The third kappa shape index (κ3) is 5.00. The molecule has 0 radical (unpaired) electrons. The van der Waals surface area contributed by atoms with Gasteiger partial charge in [-0.15, -0.1) is 0 Å². The van der Waals surface area contributed by atoms with E-state index < -0.39 is 12.0 Å². The van der Waals surface area contributed by atoms with Gasteiger partial charge in [0, 0.05) is 12.0 Å². The van der Waals surface area contributed by atoms with Crippen molar-refractivity contribution in [1.29, 1.82) is 0 Å². The molecule has 0 bridgehead atoms. The fraction of sp³-hybridized carbons (Fsp3) is 0.357. The minimum atomic E-state index is -0.773. The molecule has 0 aliphatic heterocycles. The van der Waals surface area contributed by atoms with Crippen LogP contribution in [-0.4, -0.2) is 34.5 Å². The van der Waals surface area contributed by atoms with Crippen molar-refractivity contribution >= 4 is 5.91 Å². The fourth-order valence-corrected chi connectivity index (χ4v) is 1.61. The lowest BCUT2D eigenvalue weighted by Crippen LogP contribution is -2.16. The van der Waals surface area contributed by atoms with Crippen molar-refractivity contribution in [3.8, 4) is 5.75 Å². The van der Waals surface area contributed by atoms with Crippen molar-refractivity contribution in [3.63, 3.8) is 0 Å². The average Bonchev–Trinajstić information content (AvgIpc) is 2.49. The lowest BCUT2D eigenvalue weighted by molar-refractivity contribution is -0.124. The van der Waals surface area contributed by atoms with E-state index in [0.717, 1.165) is 6.08 Å². The summed E-state index contributed by atoms with van der Waals surface area (Å²) in [5, 5.41) is 27.1. The molecule has 0 saturated heterocycles. The molecule has 1 amide bonds. The van der Waals surface area contributed by atoms with Crippen molar-refractivity contribution in [2.75, 3.05) is 13.2 Å². The van der Waals surface area contributed by atoms with Crippen LogP contribution in [-0.2, 0) is 4.79 Å². The molecule has 2 atom stereocenters. The Kier molecular flexibility index (Phi) is 6.72. The van der Waals surface area contributed by atoms with E-state index in [-0.39, 0.29) is 19.1 Å². The normalized spacial score (nSPS) is 14.0. The van der Waals surface area contributed by atoms with Crippen LogP contribution in [0.4, 0.5) is 0 Å². The molecule has 0 heterocycles. The minimum absolute atomic E-state index is 0.0564. The van der Waals surface area contributed by atoms with E-state index in [2.05, 4.69) is 0 Å². The highest BCUT2D eigenvalue weighted by atomic mass is 16.5. The molecule has 1 rings (SSSR count). The van der Waals surface area contributed by atoms with Gasteiger partial charge >= 0.3 is 0 Å². The molecule has 6 heteroatoms. The summed E-state index contributed by atoms with van der Waals surface area (Å²) in [6.45, 7) is 1.92. The Labute approximate surface area is 117 Å². The topological polar surface area (TPSA) is 99.0 Å². The van der Waals surface area contributed by atoms with Gasteiger partial charge in [0.2, 0.25) is 0 Å². The molecule has 20 heavy (non-hydrogen) atoms. The molecule has 0 aromatic heterocycles. The number of nitrogens with one attached hydrogen (secondary N) is 1. The zero-order valence-electron chi connectivity index (χ0n) is 11.2. The van der Waals surface area contributed by atoms with Gasteiger partial charge < -0.3 is 14.9 Å². The van der Waals surface area contributed by atoms with Crippen LogP contribution in [0.25, 0.3) is 0 Å². The van der Waals surface area contributed by atoms with Crippen LogP contribution in [0.15, 0.2) is 36.4 Å². The number of ether oxygens (including phenoxy) is 1. The van der Waals surface area contributed by atoms with Crippen LogP contribution in [0.1, 0.15) is 18.6 Å². The highest BCUT2D eigenvalue weighted by molar-refractivity contribution is 5.86. The molecule has 0 saturated carbocycles. The monoisotopic (exact) mass is 281 g/mol. The second-order valence-corrected chi connectivity index (χ2v) is 4.28. The molecule has 110 valence electrons. The van der Waals surface area contributed by atoms with Crippen molar-refractivity contribution < 1.29 is 25.0 Å². The Hall–Kier alpha value is -1.89. The Morgan fingerprint density at radius 1 is 1.40 bits per heavy atom. The van der Waals surface area contributed by atoms with Crippen LogP contribution in [0, 0.1) is 5.92 Å². The summed E-state index contributed by atoms with van der Waals surface area (Å²) in [7, 11) is 0. The maximum atomic E-state index is 10.9. The van der Waals surface area contributed by atoms with Gasteiger partial charge in [0.25, 0.3) is 5.91 Å². The van der Waals surface area contributed by atoms with E-state index in [4.69, 9.17) is 15.1 Å². The van der Waals surface area contributed by atoms with Crippen molar-refractivity contribution in [1.82, 2.24) is 5.48 Å². The summed E-state index contributed by atoms with van der Waals surface area (Å²) in [6.07, 6.45) is 1.89. The molecule has 0 aliphatic carbocycles. The van der Waals surface area contributed by atoms with E-state index in [1.165, 1.54) is 11.6 Å². The van der Waals surface area contributed by atoms with Gasteiger partial charge in [-0.3, -0.25) is 10.0 Å². The first-order valence-corrected chi connectivity index (χ1v) is 6.22. The number of rotatable bonds is 7. The zero-order valence-corrected chi connectivity index (χ0v) is 11.2. The van der Waals surface area contributed by atoms with Crippen molar-refractivity contribution in [2.24, 2.45) is 5.92 Å². The summed E-state index contributed by atoms with van der Waals surface area (Å²) in [5.74, 6) is -0.328. The van der Waals surface area contributed by atoms with E-state index in [9.17, 15) is 9.90 Å². The van der Waals surface area contributed by atoms with Gasteiger partial charge in [-0.05, 0) is 17.7 Å². The summed E-state index contributed by atoms with van der Waals surface area (Å²) in [6, 6.07) is 6.83. The van der Waals surface area contributed by atoms with Gasteiger partial charge in [0.15, 0.2) is 0 Å². The number of hydrogen-bond donors (Lipinski definition) is 4. The molecule has 4 N–H and O–H groups in total. The number of carbonyl (C=O) groups excluding carboxylic acids is 1. The van der Waals surface area contributed by atoms with Gasteiger partial charge in [-0.1, -0.05) is 25.1 Å². The molecule has 0 aliphatic rings. The predicted molar refractivity (Wildman–Crippen MR) is 72.2 cm³/mol. The summed E-state index contributed by atoms with van der Waals surface area (Å²) in [5.41, 5.74) is 2.16. The smallest absolute Gasteiger partial charge is 0.267 e. The Balaban J connectivity index is 2.64. The number of hydroxylamine groups is 1. The predicted octanol–water partition coefficient (Wildman–Crippen LogP) is 0.789. The van der Waals surface area contributed by atoms with Crippen molar-refractivity contribution in [3.05, 3.63) is 42.0 Å². The van der Waals surface area contributed by atoms with Crippen LogP contribution < -0.4 is 10.2 Å². The third-order valence-corrected chi connectivity index (χ3v) is 2.74. The number of aliphatic hydroxyl groups is 2. The maximum Gasteiger partial charge on any atom is 0.267 e. The number of amides is 1. The molecule has 1 aromatic rings. The molecular weight excluding hydrogens is 262 g/mol. The van der Waals surface area contributed by atoms with Crippen molar-refractivity contribution in [2.45, 2.75) is 13.0 Å². The van der Waals surface area contributed by atoms with Gasteiger partial charge in [0.1, 0.15) is 12.4 Å². The molecule has 1 aromatic carbocycles. The highest BCUT2D eigenvalue weighted by Gasteiger charge is 2.14. The molecule has 0 unspecified atom stereocenters. The Morgan fingerprint density at radius 3 is 2.60 bits per heavy atom. The second kappa shape index (κ2) is 8.31. The first kappa shape index (κ1) is 16.2. The summed E-state index contributed by atoms with van der Waals surface area (Å²) in [4.78, 5) is 10.9. The summed E-state index contributed by atoms with van der Waals surface area (Å²) >= 11 is 0. The molecular formula is C14H19NO5. The third-order valence-electron chi connectivity index (χ3n) is 2.74. The quantitative estimate of drug-likeness (QED) is 0.336. The minimum Gasteiger partial charge on any atom is -0.491 e. The van der Waals surface area contributed by atoms with Gasteiger partial charge in [-0.25, -0.2) is 5.48 Å². The average molecular weight is 281 g/mol. The highest BCUT2D eigenvalue weighted by Crippen LogP contribution is 2.24. The van der Waals surface area contributed by atoms with E-state index in [0.29, 0.717) is 11.3 Å². The van der Waals surface area contributed by atoms with E-state index >= 15 is 0 Å². The first-order valence-electron chi connectivity index (χ1n) is 6.22. The number of aliphatic hydroxyl groups excluding tert-OH is 2. The number of benzene rings is 1. The molecule has 0 spiro atoms.